The molecule has 180 valence electrons. The van der Waals surface area contributed by atoms with Gasteiger partial charge in [0.15, 0.2) is 0 Å². The molecule has 0 radical (unpaired) electrons. The molecule has 1 N–H and O–H groups in total. The highest BCUT2D eigenvalue weighted by Crippen LogP contribution is 2.30. The molecule has 1 aromatic heterocycles. The molecule has 2 aromatic carbocycles. The Hall–Kier alpha value is -3.37. The summed E-state index contributed by atoms with van der Waals surface area (Å²) < 4.78 is 45.7. The quantitative estimate of drug-likeness (QED) is 0.371. The molecule has 1 amide bonds. The average Bonchev–Trinajstić information content (AvgIpc) is 3.05. The van der Waals surface area contributed by atoms with Gasteiger partial charge in [0.2, 0.25) is 10.0 Å². The van der Waals surface area contributed by atoms with Crippen LogP contribution in [0.3, 0.4) is 0 Å². The van der Waals surface area contributed by atoms with Gasteiger partial charge in [-0.05, 0) is 62.4 Å². The molecule has 0 bridgehead atoms. The standard InChI is InChI=1S/C23H24ClFN4O4S/c1-15-11-17(16(2)29(15)19-7-5-18(25)6-8-19)13-26-27-23(30)14-28(34(4,31)32)20-9-10-22(33-3)21(24)12-20/h5-13H,14H2,1-4H3,(H,27,30)/b26-13-. The van der Waals surface area contributed by atoms with E-state index in [0.717, 1.165) is 33.2 Å². The van der Waals surface area contributed by atoms with Crippen molar-refractivity contribution in [2.45, 2.75) is 13.8 Å². The van der Waals surface area contributed by atoms with Crippen LogP contribution in [0.1, 0.15) is 17.0 Å². The Balaban J connectivity index is 1.74. The third kappa shape index (κ3) is 5.75. The molecular weight excluding hydrogens is 483 g/mol. The van der Waals surface area contributed by atoms with Crippen LogP contribution in [0.25, 0.3) is 5.69 Å². The second kappa shape index (κ2) is 10.3. The number of carbonyl (C=O) groups is 1. The predicted octanol–water partition coefficient (Wildman–Crippen LogP) is 3.81. The highest BCUT2D eigenvalue weighted by molar-refractivity contribution is 7.92. The summed E-state index contributed by atoms with van der Waals surface area (Å²) in [6, 6.07) is 12.4. The molecule has 11 heteroatoms. The fourth-order valence-corrected chi connectivity index (χ4v) is 4.56. The number of amides is 1. The Morgan fingerprint density at radius 2 is 1.88 bits per heavy atom. The molecule has 0 fully saturated rings. The number of hydrazone groups is 1. The molecule has 0 atom stereocenters. The molecule has 0 spiro atoms. The molecule has 8 nitrogen and oxygen atoms in total. The summed E-state index contributed by atoms with van der Waals surface area (Å²) in [6.07, 6.45) is 2.46. The zero-order valence-electron chi connectivity index (χ0n) is 19.0. The van der Waals surface area contributed by atoms with Crippen molar-refractivity contribution in [3.8, 4) is 11.4 Å². The lowest BCUT2D eigenvalue weighted by molar-refractivity contribution is -0.119. The number of nitrogens with one attached hydrogen (secondary N) is 1. The van der Waals surface area contributed by atoms with Crippen LogP contribution in [0, 0.1) is 19.7 Å². The normalized spacial score (nSPS) is 11.6. The number of halogens is 2. The van der Waals surface area contributed by atoms with Crippen molar-refractivity contribution in [2.24, 2.45) is 5.10 Å². The lowest BCUT2D eigenvalue weighted by atomic mass is 10.2. The smallest absolute Gasteiger partial charge is 0.260 e. The van der Waals surface area contributed by atoms with Crippen LogP contribution in [0.15, 0.2) is 53.6 Å². The van der Waals surface area contributed by atoms with E-state index < -0.39 is 22.5 Å². The Kier molecular flexibility index (Phi) is 7.63. The zero-order valence-corrected chi connectivity index (χ0v) is 20.6. The van der Waals surface area contributed by atoms with Crippen molar-refractivity contribution in [2.75, 3.05) is 24.2 Å². The van der Waals surface area contributed by atoms with E-state index in [-0.39, 0.29) is 16.5 Å². The van der Waals surface area contributed by atoms with Gasteiger partial charge >= 0.3 is 0 Å². The van der Waals surface area contributed by atoms with E-state index in [9.17, 15) is 17.6 Å². The highest BCUT2D eigenvalue weighted by atomic mass is 35.5. The van der Waals surface area contributed by atoms with Gasteiger partial charge in [-0.3, -0.25) is 9.10 Å². The third-order valence-corrected chi connectivity index (χ3v) is 6.49. The number of aryl methyl sites for hydroxylation is 1. The van der Waals surface area contributed by atoms with Crippen molar-refractivity contribution >= 4 is 39.4 Å². The fourth-order valence-electron chi connectivity index (χ4n) is 3.46. The number of anilines is 1. The summed E-state index contributed by atoms with van der Waals surface area (Å²) in [7, 11) is -2.34. The number of rotatable bonds is 8. The van der Waals surface area contributed by atoms with Crippen molar-refractivity contribution < 1.29 is 22.3 Å². The minimum Gasteiger partial charge on any atom is -0.495 e. The summed E-state index contributed by atoms with van der Waals surface area (Å²) in [6.45, 7) is 3.28. The minimum atomic E-state index is -3.78. The first-order valence-electron chi connectivity index (χ1n) is 10.1. The van der Waals surface area contributed by atoms with Crippen LogP contribution in [0.2, 0.25) is 5.02 Å². The second-order valence-electron chi connectivity index (χ2n) is 7.52. The Morgan fingerprint density at radius 3 is 2.47 bits per heavy atom. The monoisotopic (exact) mass is 506 g/mol. The number of aromatic nitrogens is 1. The predicted molar refractivity (Wildman–Crippen MR) is 131 cm³/mol. The number of hydrogen-bond donors (Lipinski definition) is 1. The Morgan fingerprint density at radius 1 is 1.21 bits per heavy atom. The minimum absolute atomic E-state index is 0.212. The van der Waals surface area contributed by atoms with E-state index in [1.165, 1.54) is 43.7 Å². The van der Waals surface area contributed by atoms with Gasteiger partial charge in [0.1, 0.15) is 18.1 Å². The summed E-state index contributed by atoms with van der Waals surface area (Å²) in [5.74, 6) is -0.581. The maximum atomic E-state index is 13.3. The molecule has 0 saturated heterocycles. The van der Waals surface area contributed by atoms with Crippen LogP contribution in [0.4, 0.5) is 10.1 Å². The number of nitrogens with zero attached hydrogens (tertiary/aromatic N) is 3. The number of ether oxygens (including phenoxy) is 1. The van der Waals surface area contributed by atoms with Gasteiger partial charge in [-0.1, -0.05) is 11.6 Å². The molecule has 0 saturated carbocycles. The number of hydrogen-bond acceptors (Lipinski definition) is 5. The van der Waals surface area contributed by atoms with Crippen LogP contribution in [-0.2, 0) is 14.8 Å². The SMILES string of the molecule is COc1ccc(N(CC(=O)N/N=C\c2cc(C)n(-c3ccc(F)cc3)c2C)S(C)(=O)=O)cc1Cl. The molecule has 3 rings (SSSR count). The average molecular weight is 507 g/mol. The summed E-state index contributed by atoms with van der Waals surface area (Å²) in [4.78, 5) is 12.5. The van der Waals surface area contributed by atoms with E-state index in [1.54, 1.807) is 12.1 Å². The van der Waals surface area contributed by atoms with Gasteiger partial charge in [0, 0.05) is 22.6 Å². The van der Waals surface area contributed by atoms with Gasteiger partial charge in [-0.2, -0.15) is 5.10 Å². The molecule has 0 aliphatic carbocycles. The van der Waals surface area contributed by atoms with Gasteiger partial charge in [-0.25, -0.2) is 18.2 Å². The molecule has 0 aliphatic rings. The van der Waals surface area contributed by atoms with Crippen molar-refractivity contribution in [3.63, 3.8) is 0 Å². The number of methoxy groups -OCH3 is 1. The van der Waals surface area contributed by atoms with E-state index >= 15 is 0 Å². The van der Waals surface area contributed by atoms with Gasteiger partial charge in [0.05, 0.1) is 30.3 Å². The Labute approximate surface area is 202 Å². The Bertz CT molecular complexity index is 1340. The summed E-state index contributed by atoms with van der Waals surface area (Å²) in [5.41, 5.74) is 5.84. The van der Waals surface area contributed by atoms with Crippen molar-refractivity contribution in [1.29, 1.82) is 0 Å². The van der Waals surface area contributed by atoms with E-state index in [0.29, 0.717) is 5.75 Å². The van der Waals surface area contributed by atoms with Crippen LogP contribution >= 0.6 is 11.6 Å². The first kappa shape index (κ1) is 25.3. The lowest BCUT2D eigenvalue weighted by Gasteiger charge is -2.21. The third-order valence-electron chi connectivity index (χ3n) is 5.06. The molecule has 3 aromatic rings. The number of sulfonamides is 1. The maximum Gasteiger partial charge on any atom is 0.260 e. The molecule has 34 heavy (non-hydrogen) atoms. The van der Waals surface area contributed by atoms with Crippen molar-refractivity contribution in [3.05, 3.63) is 76.3 Å². The fraction of sp³-hybridized carbons (Fsp3) is 0.217. The first-order chi connectivity index (χ1) is 16.0. The van der Waals surface area contributed by atoms with Crippen LogP contribution in [-0.4, -0.2) is 45.0 Å². The number of carbonyl (C=O) groups excluding carboxylic acids is 1. The van der Waals surface area contributed by atoms with Gasteiger partial charge < -0.3 is 9.30 Å². The maximum absolute atomic E-state index is 13.3. The van der Waals surface area contributed by atoms with Crippen molar-refractivity contribution in [1.82, 2.24) is 9.99 Å². The van der Waals surface area contributed by atoms with E-state index in [2.05, 4.69) is 10.5 Å². The largest absolute Gasteiger partial charge is 0.495 e. The molecule has 0 aliphatic heterocycles. The second-order valence-corrected chi connectivity index (χ2v) is 9.83. The first-order valence-corrected chi connectivity index (χ1v) is 12.3. The topological polar surface area (TPSA) is 93.0 Å². The molecule has 1 heterocycles. The highest BCUT2D eigenvalue weighted by Gasteiger charge is 2.22. The van der Waals surface area contributed by atoms with Gasteiger partial charge in [0.25, 0.3) is 5.91 Å². The van der Waals surface area contributed by atoms with Crippen LogP contribution in [0.5, 0.6) is 5.75 Å². The summed E-state index contributed by atoms with van der Waals surface area (Å²) in [5, 5.41) is 4.18. The lowest BCUT2D eigenvalue weighted by Crippen LogP contribution is -2.39. The molecule has 0 unspecified atom stereocenters. The molecular formula is C23H24ClFN4O4S. The van der Waals surface area contributed by atoms with Gasteiger partial charge in [-0.15, -0.1) is 0 Å². The van der Waals surface area contributed by atoms with E-state index in [1.807, 2.05) is 24.5 Å². The number of benzene rings is 2. The summed E-state index contributed by atoms with van der Waals surface area (Å²) >= 11 is 6.10. The van der Waals surface area contributed by atoms with E-state index in [4.69, 9.17) is 16.3 Å². The van der Waals surface area contributed by atoms with Crippen LogP contribution < -0.4 is 14.5 Å². The zero-order chi connectivity index (χ0) is 25.0.